The van der Waals surface area contributed by atoms with Crippen LogP contribution in [0, 0.1) is 13.8 Å². The summed E-state index contributed by atoms with van der Waals surface area (Å²) in [5.74, 6) is 1.36. The van der Waals surface area contributed by atoms with Crippen LogP contribution in [0.1, 0.15) is 57.5 Å². The van der Waals surface area contributed by atoms with Crippen molar-refractivity contribution >= 4 is 29.0 Å². The molecule has 3 rings (SSSR count). The van der Waals surface area contributed by atoms with Gasteiger partial charge in [-0.2, -0.15) is 10.1 Å². The Balaban J connectivity index is 1.55. The van der Waals surface area contributed by atoms with E-state index in [1.807, 2.05) is 19.9 Å². The maximum atomic E-state index is 12.3. The van der Waals surface area contributed by atoms with Crippen LogP contribution >= 0.6 is 11.3 Å². The highest BCUT2D eigenvalue weighted by molar-refractivity contribution is 7.12. The quantitative estimate of drug-likeness (QED) is 0.758. The van der Waals surface area contributed by atoms with Gasteiger partial charge in [-0.1, -0.05) is 0 Å². The number of nitrogens with zero attached hydrogens (tertiary/aromatic N) is 3. The van der Waals surface area contributed by atoms with Crippen LogP contribution in [0.15, 0.2) is 6.07 Å². The molecule has 1 saturated heterocycles. The molecule has 1 aliphatic rings. The largest absolute Gasteiger partial charge is 0.317 e. The summed E-state index contributed by atoms with van der Waals surface area (Å²) in [5.41, 5.74) is 0.729. The fourth-order valence-corrected chi connectivity index (χ4v) is 4.17. The molecule has 8 heteroatoms. The minimum Gasteiger partial charge on any atom is -0.317 e. The number of amides is 1. The van der Waals surface area contributed by atoms with Crippen molar-refractivity contribution in [1.29, 1.82) is 0 Å². The van der Waals surface area contributed by atoms with E-state index in [4.69, 9.17) is 0 Å². The lowest BCUT2D eigenvalue weighted by Crippen LogP contribution is -2.27. The molecule has 26 heavy (non-hydrogen) atoms. The molecule has 0 radical (unpaired) electrons. The van der Waals surface area contributed by atoms with Gasteiger partial charge in [0.15, 0.2) is 11.6 Å². The van der Waals surface area contributed by atoms with Gasteiger partial charge < -0.3 is 5.32 Å². The number of ketones is 1. The number of aryl methyl sites for hydroxylation is 3. The summed E-state index contributed by atoms with van der Waals surface area (Å²) in [6, 6.07) is 1.90. The molecule has 2 N–H and O–H groups in total. The molecule has 3 heterocycles. The van der Waals surface area contributed by atoms with E-state index in [-0.39, 0.29) is 24.5 Å². The van der Waals surface area contributed by atoms with Crippen LogP contribution < -0.4 is 10.6 Å². The first kappa shape index (κ1) is 18.7. The van der Waals surface area contributed by atoms with E-state index >= 15 is 0 Å². The summed E-state index contributed by atoms with van der Waals surface area (Å²) in [5, 5.41) is 10.5. The van der Waals surface area contributed by atoms with Crippen molar-refractivity contribution in [1.82, 2.24) is 20.1 Å². The predicted molar refractivity (Wildman–Crippen MR) is 102 cm³/mol. The highest BCUT2D eigenvalue weighted by atomic mass is 32.1. The number of rotatable bonds is 6. The van der Waals surface area contributed by atoms with Gasteiger partial charge in [0.1, 0.15) is 0 Å². The third-order valence-electron chi connectivity index (χ3n) is 4.66. The van der Waals surface area contributed by atoms with Gasteiger partial charge in [-0.25, -0.2) is 4.68 Å². The third kappa shape index (κ3) is 4.37. The van der Waals surface area contributed by atoms with E-state index in [1.54, 1.807) is 23.1 Å². The first-order chi connectivity index (χ1) is 12.4. The topological polar surface area (TPSA) is 88.9 Å². The lowest BCUT2D eigenvalue weighted by Gasteiger charge is -2.19. The smallest absolute Gasteiger partial charge is 0.227 e. The summed E-state index contributed by atoms with van der Waals surface area (Å²) in [6.45, 7) is 5.85. The number of anilines is 1. The first-order valence-electron chi connectivity index (χ1n) is 8.95. The summed E-state index contributed by atoms with van der Waals surface area (Å²) >= 11 is 1.61. The SMILES string of the molecule is Cc1cc(C(=O)CCC(=O)Nc2nc(C3CCNCC3)nn2C)c(C)s1. The second-order valence-corrected chi connectivity index (χ2v) is 8.20. The van der Waals surface area contributed by atoms with Crippen LogP contribution in [-0.2, 0) is 11.8 Å². The normalized spacial score (nSPS) is 15.2. The van der Waals surface area contributed by atoms with Gasteiger partial charge in [0, 0.05) is 41.1 Å². The van der Waals surface area contributed by atoms with Crippen LogP contribution in [0.5, 0.6) is 0 Å². The van der Waals surface area contributed by atoms with Crippen molar-refractivity contribution in [2.75, 3.05) is 18.4 Å². The zero-order valence-electron chi connectivity index (χ0n) is 15.5. The minimum absolute atomic E-state index is 0.00959. The van der Waals surface area contributed by atoms with Gasteiger partial charge in [0.25, 0.3) is 0 Å². The summed E-state index contributed by atoms with van der Waals surface area (Å²) in [7, 11) is 1.77. The Hall–Kier alpha value is -2.06. The van der Waals surface area contributed by atoms with E-state index in [9.17, 15) is 9.59 Å². The number of hydrogen-bond acceptors (Lipinski definition) is 6. The Morgan fingerprint density at radius 1 is 1.31 bits per heavy atom. The Morgan fingerprint density at radius 2 is 2.04 bits per heavy atom. The maximum absolute atomic E-state index is 12.3. The number of Topliss-reactive ketones (excluding diaryl/α,β-unsaturated/α-hetero) is 1. The monoisotopic (exact) mass is 375 g/mol. The molecular weight excluding hydrogens is 350 g/mol. The Labute approximate surface area is 157 Å². The van der Waals surface area contributed by atoms with Crippen LogP contribution in [-0.4, -0.2) is 39.5 Å². The molecule has 0 aromatic carbocycles. The Kier molecular flexibility index (Phi) is 5.83. The van der Waals surface area contributed by atoms with Gasteiger partial charge >= 0.3 is 0 Å². The molecule has 0 spiro atoms. The molecular formula is C18H25N5O2S. The summed E-state index contributed by atoms with van der Waals surface area (Å²) in [6.07, 6.45) is 2.35. The average molecular weight is 375 g/mol. The van der Waals surface area contributed by atoms with Crippen molar-refractivity contribution in [2.24, 2.45) is 7.05 Å². The maximum Gasteiger partial charge on any atom is 0.227 e. The Bertz CT molecular complexity index is 805. The summed E-state index contributed by atoms with van der Waals surface area (Å²) in [4.78, 5) is 31.1. The number of piperidine rings is 1. The number of nitrogens with one attached hydrogen (secondary N) is 2. The third-order valence-corrected chi connectivity index (χ3v) is 5.62. The van der Waals surface area contributed by atoms with Gasteiger partial charge in [0.2, 0.25) is 11.9 Å². The molecule has 1 amide bonds. The average Bonchev–Trinajstić information content (AvgIpc) is 3.15. The van der Waals surface area contributed by atoms with E-state index in [1.165, 1.54) is 0 Å². The molecule has 0 atom stereocenters. The zero-order valence-corrected chi connectivity index (χ0v) is 16.3. The van der Waals surface area contributed by atoms with Gasteiger partial charge in [-0.15, -0.1) is 11.3 Å². The molecule has 0 saturated carbocycles. The fourth-order valence-electron chi connectivity index (χ4n) is 3.22. The molecule has 0 unspecified atom stereocenters. The molecule has 1 fully saturated rings. The molecule has 0 bridgehead atoms. The Morgan fingerprint density at radius 3 is 2.69 bits per heavy atom. The number of carbonyl (C=O) groups is 2. The van der Waals surface area contributed by atoms with E-state index < -0.39 is 0 Å². The molecule has 2 aromatic heterocycles. The van der Waals surface area contributed by atoms with Crippen molar-refractivity contribution < 1.29 is 9.59 Å². The van der Waals surface area contributed by atoms with Gasteiger partial charge in [-0.05, 0) is 45.8 Å². The number of aromatic nitrogens is 3. The van der Waals surface area contributed by atoms with Gasteiger partial charge in [0.05, 0.1) is 0 Å². The number of hydrogen-bond donors (Lipinski definition) is 2. The van der Waals surface area contributed by atoms with Gasteiger partial charge in [-0.3, -0.25) is 14.9 Å². The zero-order chi connectivity index (χ0) is 18.7. The standard InChI is InChI=1S/C18H25N5O2S/c1-11-10-14(12(2)26-11)15(24)4-5-16(25)20-18-21-17(22-23(18)3)13-6-8-19-9-7-13/h10,13,19H,4-9H2,1-3H3,(H,20,21,22,25). The predicted octanol–water partition coefficient (Wildman–Crippen LogP) is 2.56. The number of thiophene rings is 1. The van der Waals surface area contributed by atoms with Crippen LogP contribution in [0.2, 0.25) is 0 Å². The number of carbonyl (C=O) groups excluding carboxylic acids is 2. The second-order valence-electron chi connectivity index (χ2n) is 6.74. The first-order valence-corrected chi connectivity index (χ1v) is 9.77. The molecule has 7 nitrogen and oxygen atoms in total. The lowest BCUT2D eigenvalue weighted by molar-refractivity contribution is -0.116. The summed E-state index contributed by atoms with van der Waals surface area (Å²) < 4.78 is 1.60. The molecule has 140 valence electrons. The molecule has 1 aliphatic heterocycles. The van der Waals surface area contributed by atoms with Crippen LogP contribution in [0.4, 0.5) is 5.95 Å². The van der Waals surface area contributed by atoms with E-state index in [0.717, 1.165) is 47.1 Å². The van der Waals surface area contributed by atoms with Crippen LogP contribution in [0.3, 0.4) is 0 Å². The van der Waals surface area contributed by atoms with Crippen molar-refractivity contribution in [3.63, 3.8) is 0 Å². The fraction of sp³-hybridized carbons (Fsp3) is 0.556. The second kappa shape index (κ2) is 8.09. The molecule has 2 aromatic rings. The molecule has 0 aliphatic carbocycles. The van der Waals surface area contributed by atoms with Crippen molar-refractivity contribution in [3.8, 4) is 0 Å². The van der Waals surface area contributed by atoms with Crippen molar-refractivity contribution in [3.05, 3.63) is 27.2 Å². The lowest BCUT2D eigenvalue weighted by atomic mass is 9.98. The van der Waals surface area contributed by atoms with E-state index in [0.29, 0.717) is 11.9 Å². The highest BCUT2D eigenvalue weighted by Crippen LogP contribution is 2.24. The van der Waals surface area contributed by atoms with Crippen LogP contribution in [0.25, 0.3) is 0 Å². The minimum atomic E-state index is -0.213. The van der Waals surface area contributed by atoms with Crippen molar-refractivity contribution in [2.45, 2.75) is 45.4 Å². The highest BCUT2D eigenvalue weighted by Gasteiger charge is 2.21. The van der Waals surface area contributed by atoms with E-state index in [2.05, 4.69) is 20.7 Å².